The predicted octanol–water partition coefficient (Wildman–Crippen LogP) is 3.88. The Bertz CT molecular complexity index is 329. The predicted molar refractivity (Wildman–Crippen MR) is 89.0 cm³/mol. The molecule has 2 nitrogen and oxygen atoms in total. The fraction of sp³-hybridized carbons (Fsp3) is 0.667. The molecule has 1 heterocycles. The van der Waals surface area contributed by atoms with Crippen LogP contribution >= 0.6 is 0 Å². The Morgan fingerprint density at radius 3 is 2.30 bits per heavy atom. The van der Waals surface area contributed by atoms with Crippen LogP contribution in [-0.2, 0) is 6.54 Å². The number of piperidine rings is 1. The topological polar surface area (TPSA) is 6.48 Å². The fourth-order valence-corrected chi connectivity index (χ4v) is 2.57. The van der Waals surface area contributed by atoms with E-state index in [9.17, 15) is 0 Å². The molecule has 0 aromatic heterocycles. The third-order valence-electron chi connectivity index (χ3n) is 3.97. The van der Waals surface area contributed by atoms with E-state index in [-0.39, 0.29) is 0 Å². The average Bonchev–Trinajstić information content (AvgIpc) is 2.50. The number of hydrogen-bond donors (Lipinski definition) is 0. The Hall–Kier alpha value is -0.860. The largest absolute Gasteiger partial charge is 0.302 e. The van der Waals surface area contributed by atoms with E-state index in [0.717, 1.165) is 12.5 Å². The van der Waals surface area contributed by atoms with Crippen molar-refractivity contribution in [3.63, 3.8) is 0 Å². The smallest absolute Gasteiger partial charge is 0.0231 e. The van der Waals surface area contributed by atoms with E-state index in [1.807, 2.05) is 13.8 Å². The standard InChI is InChI=1S/C16H26N2.C2H6/c1-15-8-10-18(11-9-15)13-12-17(2)14-16-6-4-3-5-7-16;1-2/h3-7,15H,8-14H2,1-2H3;1-2H3. The minimum absolute atomic E-state index is 0.934. The molecular weight excluding hydrogens is 244 g/mol. The lowest BCUT2D eigenvalue weighted by molar-refractivity contribution is 0.169. The molecule has 1 saturated heterocycles. The zero-order chi connectivity index (χ0) is 14.8. The Labute approximate surface area is 125 Å². The fourth-order valence-electron chi connectivity index (χ4n) is 2.57. The van der Waals surface area contributed by atoms with Crippen molar-refractivity contribution in [3.8, 4) is 0 Å². The van der Waals surface area contributed by atoms with Crippen LogP contribution in [0, 0.1) is 5.92 Å². The molecule has 0 spiro atoms. The lowest BCUT2D eigenvalue weighted by atomic mass is 9.99. The molecule has 0 radical (unpaired) electrons. The van der Waals surface area contributed by atoms with Gasteiger partial charge in [0.25, 0.3) is 0 Å². The number of rotatable bonds is 5. The van der Waals surface area contributed by atoms with Gasteiger partial charge in [0.2, 0.25) is 0 Å². The van der Waals surface area contributed by atoms with Crippen molar-refractivity contribution in [1.82, 2.24) is 9.80 Å². The number of likely N-dealkylation sites (tertiary alicyclic amines) is 1. The molecule has 2 heteroatoms. The van der Waals surface area contributed by atoms with Gasteiger partial charge < -0.3 is 9.80 Å². The van der Waals surface area contributed by atoms with Gasteiger partial charge in [0, 0.05) is 19.6 Å². The van der Waals surface area contributed by atoms with Crippen molar-refractivity contribution < 1.29 is 0 Å². The van der Waals surface area contributed by atoms with Crippen LogP contribution in [-0.4, -0.2) is 43.0 Å². The van der Waals surface area contributed by atoms with E-state index in [1.165, 1.54) is 44.6 Å². The van der Waals surface area contributed by atoms with Crippen molar-refractivity contribution in [2.45, 2.75) is 40.2 Å². The second-order valence-corrected chi connectivity index (χ2v) is 5.75. The van der Waals surface area contributed by atoms with Gasteiger partial charge in [0.1, 0.15) is 0 Å². The SMILES string of the molecule is CC.CC1CCN(CCN(C)Cc2ccccc2)CC1. The summed E-state index contributed by atoms with van der Waals surface area (Å²) in [5, 5.41) is 0. The normalized spacial score (nSPS) is 16.9. The zero-order valence-corrected chi connectivity index (χ0v) is 13.8. The van der Waals surface area contributed by atoms with Gasteiger partial charge in [-0.2, -0.15) is 0 Å². The van der Waals surface area contributed by atoms with Gasteiger partial charge in [-0.15, -0.1) is 0 Å². The second-order valence-electron chi connectivity index (χ2n) is 5.75. The van der Waals surface area contributed by atoms with Crippen LogP contribution in [0.3, 0.4) is 0 Å². The van der Waals surface area contributed by atoms with Crippen LogP contribution < -0.4 is 0 Å². The summed E-state index contributed by atoms with van der Waals surface area (Å²) < 4.78 is 0. The molecule has 0 N–H and O–H groups in total. The van der Waals surface area contributed by atoms with Crippen LogP contribution in [0.4, 0.5) is 0 Å². The van der Waals surface area contributed by atoms with Crippen molar-refractivity contribution in [1.29, 1.82) is 0 Å². The average molecular weight is 276 g/mol. The van der Waals surface area contributed by atoms with E-state index in [1.54, 1.807) is 0 Å². The summed E-state index contributed by atoms with van der Waals surface area (Å²) in [5.41, 5.74) is 1.41. The molecule has 0 aliphatic carbocycles. The van der Waals surface area contributed by atoms with Crippen molar-refractivity contribution >= 4 is 0 Å². The third-order valence-corrected chi connectivity index (χ3v) is 3.97. The Kier molecular flexibility index (Phi) is 8.56. The van der Waals surface area contributed by atoms with Crippen LogP contribution in [0.2, 0.25) is 0 Å². The van der Waals surface area contributed by atoms with E-state index < -0.39 is 0 Å². The van der Waals surface area contributed by atoms with Gasteiger partial charge in [-0.25, -0.2) is 0 Å². The molecule has 0 atom stereocenters. The molecule has 0 saturated carbocycles. The first-order valence-corrected chi connectivity index (χ1v) is 8.19. The van der Waals surface area contributed by atoms with Gasteiger partial charge in [0.05, 0.1) is 0 Å². The quantitative estimate of drug-likeness (QED) is 0.805. The maximum absolute atomic E-state index is 2.61. The maximum Gasteiger partial charge on any atom is 0.0231 e. The molecule has 20 heavy (non-hydrogen) atoms. The van der Waals surface area contributed by atoms with Crippen molar-refractivity contribution in [3.05, 3.63) is 35.9 Å². The van der Waals surface area contributed by atoms with Gasteiger partial charge in [-0.05, 0) is 44.5 Å². The molecular formula is C18H32N2. The summed E-state index contributed by atoms with van der Waals surface area (Å²) >= 11 is 0. The van der Waals surface area contributed by atoms with Gasteiger partial charge in [0.15, 0.2) is 0 Å². The summed E-state index contributed by atoms with van der Waals surface area (Å²) in [4.78, 5) is 5.04. The van der Waals surface area contributed by atoms with Crippen LogP contribution in [0.25, 0.3) is 0 Å². The first-order valence-electron chi connectivity index (χ1n) is 8.19. The molecule has 1 aliphatic rings. The molecule has 1 aromatic rings. The van der Waals surface area contributed by atoms with E-state index in [0.29, 0.717) is 0 Å². The highest BCUT2D eigenvalue weighted by Crippen LogP contribution is 2.15. The third kappa shape index (κ3) is 6.53. The van der Waals surface area contributed by atoms with Gasteiger partial charge in [-0.3, -0.25) is 0 Å². The van der Waals surface area contributed by atoms with Crippen molar-refractivity contribution in [2.75, 3.05) is 33.2 Å². The van der Waals surface area contributed by atoms with Crippen molar-refractivity contribution in [2.24, 2.45) is 5.92 Å². The van der Waals surface area contributed by atoms with Crippen LogP contribution in [0.5, 0.6) is 0 Å². The summed E-state index contributed by atoms with van der Waals surface area (Å²) in [5.74, 6) is 0.934. The number of likely N-dealkylation sites (N-methyl/N-ethyl adjacent to an activating group) is 1. The summed E-state index contributed by atoms with van der Waals surface area (Å²) in [7, 11) is 2.22. The molecule has 0 amide bonds. The molecule has 1 fully saturated rings. The number of benzene rings is 1. The first-order chi connectivity index (χ1) is 9.74. The number of nitrogens with zero attached hydrogens (tertiary/aromatic N) is 2. The Morgan fingerprint density at radius 1 is 1.10 bits per heavy atom. The van der Waals surface area contributed by atoms with Gasteiger partial charge in [-0.1, -0.05) is 51.1 Å². The van der Waals surface area contributed by atoms with Gasteiger partial charge >= 0.3 is 0 Å². The Balaban J connectivity index is 0.000000956. The van der Waals surface area contributed by atoms with Crippen LogP contribution in [0.15, 0.2) is 30.3 Å². The molecule has 0 bridgehead atoms. The molecule has 1 aromatic carbocycles. The number of hydrogen-bond acceptors (Lipinski definition) is 2. The summed E-state index contributed by atoms with van der Waals surface area (Å²) in [6.07, 6.45) is 2.75. The molecule has 1 aliphatic heterocycles. The molecule has 2 rings (SSSR count). The highest BCUT2D eigenvalue weighted by atomic mass is 15.2. The second kappa shape index (κ2) is 9.95. The lowest BCUT2D eigenvalue weighted by Crippen LogP contribution is -2.38. The highest BCUT2D eigenvalue weighted by Gasteiger charge is 2.15. The lowest BCUT2D eigenvalue weighted by Gasteiger charge is -2.31. The Morgan fingerprint density at radius 2 is 1.70 bits per heavy atom. The molecule has 0 unspecified atom stereocenters. The van der Waals surface area contributed by atoms with E-state index in [4.69, 9.17) is 0 Å². The molecule has 114 valence electrons. The van der Waals surface area contributed by atoms with E-state index >= 15 is 0 Å². The minimum Gasteiger partial charge on any atom is -0.302 e. The summed E-state index contributed by atoms with van der Waals surface area (Å²) in [6, 6.07) is 10.7. The van der Waals surface area contributed by atoms with E-state index in [2.05, 4.69) is 54.1 Å². The maximum atomic E-state index is 2.61. The zero-order valence-electron chi connectivity index (χ0n) is 13.8. The summed E-state index contributed by atoms with van der Waals surface area (Å²) in [6.45, 7) is 12.4. The monoisotopic (exact) mass is 276 g/mol. The van der Waals surface area contributed by atoms with Crippen LogP contribution in [0.1, 0.15) is 39.2 Å². The first kappa shape index (κ1) is 17.2. The highest BCUT2D eigenvalue weighted by molar-refractivity contribution is 5.14. The minimum atomic E-state index is 0.934.